The number of aliphatic hydroxyl groups is 1. The van der Waals surface area contributed by atoms with Gasteiger partial charge < -0.3 is 15.7 Å². The van der Waals surface area contributed by atoms with Gasteiger partial charge in [-0.3, -0.25) is 9.59 Å². The van der Waals surface area contributed by atoms with E-state index in [9.17, 15) is 14.7 Å². The number of halogens is 1. The number of benzene rings is 1. The lowest BCUT2D eigenvalue weighted by molar-refractivity contribution is -0.132. The Kier molecular flexibility index (Phi) is 5.80. The van der Waals surface area contributed by atoms with Crippen LogP contribution < -0.4 is 10.6 Å². The number of carbonyl (C=O) groups is 2. The Bertz CT molecular complexity index is 527. The number of rotatable bonds is 7. The number of amides is 2. The fraction of sp³-hybridized carbons (Fsp3) is 0.500. The quantitative estimate of drug-likeness (QED) is 0.707. The van der Waals surface area contributed by atoms with E-state index >= 15 is 0 Å². The van der Waals surface area contributed by atoms with E-state index in [0.29, 0.717) is 18.0 Å². The monoisotopic (exact) mass is 324 g/mol. The van der Waals surface area contributed by atoms with Gasteiger partial charge in [0.2, 0.25) is 11.8 Å². The van der Waals surface area contributed by atoms with Gasteiger partial charge in [0, 0.05) is 17.5 Å². The molecule has 1 aliphatic carbocycles. The smallest absolute Gasteiger partial charge is 0.245 e. The maximum atomic E-state index is 12.1. The van der Waals surface area contributed by atoms with Gasteiger partial charge in [-0.1, -0.05) is 23.7 Å². The van der Waals surface area contributed by atoms with Crippen molar-refractivity contribution in [3.8, 4) is 0 Å². The molecule has 3 N–H and O–H groups in total. The molecule has 0 bridgehead atoms. The van der Waals surface area contributed by atoms with Gasteiger partial charge in [0.05, 0.1) is 6.10 Å². The van der Waals surface area contributed by atoms with E-state index in [1.807, 2.05) is 12.1 Å². The zero-order valence-electron chi connectivity index (χ0n) is 12.5. The van der Waals surface area contributed by atoms with E-state index < -0.39 is 12.1 Å². The van der Waals surface area contributed by atoms with Gasteiger partial charge in [0.25, 0.3) is 0 Å². The Morgan fingerprint density at radius 2 is 1.95 bits per heavy atom. The van der Waals surface area contributed by atoms with Crippen LogP contribution in [0, 0.1) is 5.92 Å². The molecule has 1 saturated carbocycles. The molecular formula is C16H21ClN2O3. The van der Waals surface area contributed by atoms with Crippen LogP contribution in [0.25, 0.3) is 0 Å². The van der Waals surface area contributed by atoms with Crippen molar-refractivity contribution in [3.63, 3.8) is 0 Å². The summed E-state index contributed by atoms with van der Waals surface area (Å²) in [5.74, 6) is -0.514. The molecule has 0 aliphatic heterocycles. The highest BCUT2D eigenvalue weighted by atomic mass is 35.5. The third-order valence-electron chi connectivity index (χ3n) is 3.64. The van der Waals surface area contributed by atoms with Gasteiger partial charge in [-0.15, -0.1) is 0 Å². The van der Waals surface area contributed by atoms with Crippen LogP contribution in [0.1, 0.15) is 25.3 Å². The van der Waals surface area contributed by atoms with Crippen molar-refractivity contribution in [2.24, 2.45) is 5.92 Å². The minimum absolute atomic E-state index is 0.00289. The molecule has 1 fully saturated rings. The molecule has 5 nitrogen and oxygen atoms in total. The maximum absolute atomic E-state index is 12.1. The SMILES string of the molecule is CC(O)C(NC(=O)C1CC1)C(=O)NCCc1ccc(Cl)cc1. The third-order valence-corrected chi connectivity index (χ3v) is 3.89. The summed E-state index contributed by atoms with van der Waals surface area (Å²) >= 11 is 5.81. The van der Waals surface area contributed by atoms with Crippen molar-refractivity contribution < 1.29 is 14.7 Å². The first-order chi connectivity index (χ1) is 10.5. The van der Waals surface area contributed by atoms with Crippen LogP contribution in [-0.4, -0.2) is 35.6 Å². The second-order valence-electron chi connectivity index (χ2n) is 5.67. The minimum Gasteiger partial charge on any atom is -0.391 e. The fourth-order valence-electron chi connectivity index (χ4n) is 2.11. The normalized spacial score (nSPS) is 16.7. The maximum Gasteiger partial charge on any atom is 0.245 e. The Balaban J connectivity index is 1.80. The molecule has 1 aromatic rings. The molecular weight excluding hydrogens is 304 g/mol. The Morgan fingerprint density at radius 3 is 2.50 bits per heavy atom. The van der Waals surface area contributed by atoms with E-state index in [-0.39, 0.29) is 17.7 Å². The van der Waals surface area contributed by atoms with Crippen LogP contribution in [0.4, 0.5) is 0 Å². The third kappa shape index (κ3) is 5.00. The molecule has 6 heteroatoms. The molecule has 1 aliphatic rings. The summed E-state index contributed by atoms with van der Waals surface area (Å²) in [6.45, 7) is 1.93. The van der Waals surface area contributed by atoms with E-state index in [1.165, 1.54) is 6.92 Å². The molecule has 0 saturated heterocycles. The zero-order chi connectivity index (χ0) is 16.1. The highest BCUT2D eigenvalue weighted by Crippen LogP contribution is 2.28. The Morgan fingerprint density at radius 1 is 1.32 bits per heavy atom. The lowest BCUT2D eigenvalue weighted by Crippen LogP contribution is -2.53. The van der Waals surface area contributed by atoms with E-state index in [0.717, 1.165) is 18.4 Å². The van der Waals surface area contributed by atoms with Gasteiger partial charge in [0.1, 0.15) is 6.04 Å². The Hall–Kier alpha value is -1.59. The van der Waals surface area contributed by atoms with Crippen molar-refractivity contribution in [2.45, 2.75) is 38.3 Å². The molecule has 0 radical (unpaired) electrons. The number of nitrogens with one attached hydrogen (secondary N) is 2. The van der Waals surface area contributed by atoms with Gasteiger partial charge in [0.15, 0.2) is 0 Å². The van der Waals surface area contributed by atoms with E-state index in [1.54, 1.807) is 12.1 Å². The number of carbonyl (C=O) groups excluding carboxylic acids is 2. The summed E-state index contributed by atoms with van der Waals surface area (Å²) in [6.07, 6.45) is 1.44. The van der Waals surface area contributed by atoms with Gasteiger partial charge in [-0.05, 0) is 43.9 Å². The van der Waals surface area contributed by atoms with Crippen molar-refractivity contribution >= 4 is 23.4 Å². The average Bonchev–Trinajstić information content (AvgIpc) is 3.30. The first kappa shape index (κ1) is 16.8. The second kappa shape index (κ2) is 7.61. The first-order valence-electron chi connectivity index (χ1n) is 7.48. The predicted octanol–water partition coefficient (Wildman–Crippen LogP) is 1.27. The standard InChI is InChI=1S/C16H21ClN2O3/c1-10(20)14(19-15(21)12-4-5-12)16(22)18-9-8-11-2-6-13(17)7-3-11/h2-3,6-7,10,12,14,20H,4-5,8-9H2,1H3,(H,18,22)(H,19,21). The summed E-state index contributed by atoms with van der Waals surface area (Å²) in [4.78, 5) is 23.8. The van der Waals surface area contributed by atoms with Crippen molar-refractivity contribution in [1.82, 2.24) is 10.6 Å². The summed E-state index contributed by atoms with van der Waals surface area (Å²) < 4.78 is 0. The molecule has 1 aromatic carbocycles. The summed E-state index contributed by atoms with van der Waals surface area (Å²) in [6, 6.07) is 6.49. The highest BCUT2D eigenvalue weighted by molar-refractivity contribution is 6.30. The molecule has 2 amide bonds. The summed E-state index contributed by atoms with van der Waals surface area (Å²) in [5, 5.41) is 15.7. The average molecular weight is 325 g/mol. The van der Waals surface area contributed by atoms with Crippen molar-refractivity contribution in [2.75, 3.05) is 6.54 Å². The highest BCUT2D eigenvalue weighted by Gasteiger charge is 2.34. The molecule has 0 spiro atoms. The molecule has 0 heterocycles. The molecule has 120 valence electrons. The van der Waals surface area contributed by atoms with Gasteiger partial charge >= 0.3 is 0 Å². The van der Waals surface area contributed by atoms with Crippen molar-refractivity contribution in [1.29, 1.82) is 0 Å². The number of hydrogen-bond donors (Lipinski definition) is 3. The largest absolute Gasteiger partial charge is 0.391 e. The lowest BCUT2D eigenvalue weighted by atomic mass is 10.1. The number of hydrogen-bond acceptors (Lipinski definition) is 3. The van der Waals surface area contributed by atoms with Crippen molar-refractivity contribution in [3.05, 3.63) is 34.9 Å². The number of aliphatic hydroxyl groups excluding tert-OH is 1. The van der Waals surface area contributed by atoms with Crippen LogP contribution in [0.5, 0.6) is 0 Å². The first-order valence-corrected chi connectivity index (χ1v) is 7.86. The summed E-state index contributed by atoms with van der Waals surface area (Å²) in [7, 11) is 0. The Labute approximate surface area is 135 Å². The van der Waals surface area contributed by atoms with Gasteiger partial charge in [-0.25, -0.2) is 0 Å². The van der Waals surface area contributed by atoms with E-state index in [4.69, 9.17) is 11.6 Å². The summed E-state index contributed by atoms with van der Waals surface area (Å²) in [5.41, 5.74) is 1.06. The molecule has 2 atom stereocenters. The second-order valence-corrected chi connectivity index (χ2v) is 6.11. The predicted molar refractivity (Wildman–Crippen MR) is 84.5 cm³/mol. The molecule has 0 aromatic heterocycles. The fourth-order valence-corrected chi connectivity index (χ4v) is 2.24. The minimum atomic E-state index is -0.932. The zero-order valence-corrected chi connectivity index (χ0v) is 13.3. The van der Waals surface area contributed by atoms with E-state index in [2.05, 4.69) is 10.6 Å². The molecule has 2 rings (SSSR count). The topological polar surface area (TPSA) is 78.4 Å². The van der Waals surface area contributed by atoms with Crippen LogP contribution in [0.15, 0.2) is 24.3 Å². The van der Waals surface area contributed by atoms with Crippen LogP contribution in [0.3, 0.4) is 0 Å². The van der Waals surface area contributed by atoms with Crippen LogP contribution in [0.2, 0.25) is 5.02 Å². The van der Waals surface area contributed by atoms with Crippen LogP contribution >= 0.6 is 11.6 Å². The van der Waals surface area contributed by atoms with Gasteiger partial charge in [-0.2, -0.15) is 0 Å². The lowest BCUT2D eigenvalue weighted by Gasteiger charge is -2.20. The van der Waals surface area contributed by atoms with Crippen LogP contribution in [-0.2, 0) is 16.0 Å². The molecule has 22 heavy (non-hydrogen) atoms. The molecule has 2 unspecified atom stereocenters.